The largest absolute Gasteiger partial charge is 0.385 e. The van der Waals surface area contributed by atoms with Crippen molar-refractivity contribution in [3.8, 4) is 0 Å². The third-order valence-electron chi connectivity index (χ3n) is 1.93. The van der Waals surface area contributed by atoms with Crippen molar-refractivity contribution in [3.63, 3.8) is 0 Å². The van der Waals surface area contributed by atoms with Crippen LogP contribution in [0.1, 0.15) is 0 Å². The first-order chi connectivity index (χ1) is 6.74. The van der Waals surface area contributed by atoms with E-state index in [0.29, 0.717) is 0 Å². The van der Waals surface area contributed by atoms with Crippen molar-refractivity contribution in [3.05, 3.63) is 18.3 Å². The number of aromatic nitrogens is 1. The summed E-state index contributed by atoms with van der Waals surface area (Å²) < 4.78 is 0. The van der Waals surface area contributed by atoms with Gasteiger partial charge in [-0.3, -0.25) is 0 Å². The second-order valence-electron chi connectivity index (χ2n) is 3.38. The zero-order valence-electron chi connectivity index (χ0n) is 9.04. The molecular formula is C10H18N4. The number of nitrogens with one attached hydrogen (secondary N) is 2. The van der Waals surface area contributed by atoms with Crippen molar-refractivity contribution >= 4 is 11.5 Å². The van der Waals surface area contributed by atoms with Gasteiger partial charge in [0.1, 0.15) is 5.82 Å². The quantitative estimate of drug-likeness (QED) is 0.736. The number of likely N-dealkylation sites (N-methyl/N-ethyl adjacent to an activating group) is 1. The first kappa shape index (κ1) is 10.8. The van der Waals surface area contributed by atoms with Gasteiger partial charge in [0.05, 0.1) is 5.69 Å². The molecule has 1 aromatic rings. The Balaban J connectivity index is 2.49. The molecule has 0 aliphatic carbocycles. The minimum atomic E-state index is 0.901. The van der Waals surface area contributed by atoms with E-state index in [-0.39, 0.29) is 0 Å². The topological polar surface area (TPSA) is 40.2 Å². The number of nitrogens with zero attached hydrogens (tertiary/aromatic N) is 2. The van der Waals surface area contributed by atoms with Gasteiger partial charge in [-0.05, 0) is 26.2 Å². The van der Waals surface area contributed by atoms with Crippen LogP contribution in [0, 0.1) is 0 Å². The lowest BCUT2D eigenvalue weighted by atomic mass is 10.4. The van der Waals surface area contributed by atoms with Crippen molar-refractivity contribution in [1.82, 2.24) is 9.88 Å². The van der Waals surface area contributed by atoms with Crippen LogP contribution in [-0.4, -0.2) is 44.1 Å². The molecule has 0 aliphatic heterocycles. The Kier molecular flexibility index (Phi) is 4.19. The predicted octanol–water partition coefficient (Wildman–Crippen LogP) is 1.10. The lowest BCUT2D eigenvalue weighted by molar-refractivity contribution is 0.425. The lowest BCUT2D eigenvalue weighted by Crippen LogP contribution is -2.21. The molecule has 0 unspecified atom stereocenters. The van der Waals surface area contributed by atoms with E-state index in [2.05, 4.69) is 34.6 Å². The summed E-state index contributed by atoms with van der Waals surface area (Å²) in [7, 11) is 6.01. The van der Waals surface area contributed by atoms with Crippen LogP contribution in [0.15, 0.2) is 18.3 Å². The molecule has 0 aliphatic rings. The van der Waals surface area contributed by atoms with Crippen LogP contribution in [0.2, 0.25) is 0 Å². The van der Waals surface area contributed by atoms with Crippen molar-refractivity contribution < 1.29 is 0 Å². The van der Waals surface area contributed by atoms with Crippen LogP contribution in [0.5, 0.6) is 0 Å². The Morgan fingerprint density at radius 1 is 1.43 bits per heavy atom. The van der Waals surface area contributed by atoms with Gasteiger partial charge in [-0.25, -0.2) is 4.98 Å². The highest BCUT2D eigenvalue weighted by atomic mass is 15.1. The zero-order valence-corrected chi connectivity index (χ0v) is 9.04. The highest BCUT2D eigenvalue weighted by Gasteiger charge is 1.99. The van der Waals surface area contributed by atoms with Crippen LogP contribution < -0.4 is 10.6 Å². The fraction of sp³-hybridized carbons (Fsp3) is 0.500. The summed E-state index contributed by atoms with van der Waals surface area (Å²) in [5.74, 6) is 0.914. The smallest absolute Gasteiger partial charge is 0.149 e. The number of hydrogen-bond donors (Lipinski definition) is 2. The van der Waals surface area contributed by atoms with Gasteiger partial charge in [-0.2, -0.15) is 0 Å². The second-order valence-corrected chi connectivity index (χ2v) is 3.38. The van der Waals surface area contributed by atoms with Gasteiger partial charge < -0.3 is 15.5 Å². The van der Waals surface area contributed by atoms with Crippen LogP contribution in [0.4, 0.5) is 11.5 Å². The molecule has 1 heterocycles. The second kappa shape index (κ2) is 5.44. The van der Waals surface area contributed by atoms with Crippen LogP contribution in [0.3, 0.4) is 0 Å². The summed E-state index contributed by atoms with van der Waals surface area (Å²) in [6.45, 7) is 1.90. The molecule has 0 amide bonds. The maximum absolute atomic E-state index is 4.25. The van der Waals surface area contributed by atoms with Gasteiger partial charge in [-0.15, -0.1) is 0 Å². The molecule has 0 aromatic carbocycles. The highest BCUT2D eigenvalue weighted by Crippen LogP contribution is 2.15. The summed E-state index contributed by atoms with van der Waals surface area (Å²) in [4.78, 5) is 6.39. The molecule has 0 spiro atoms. The van der Waals surface area contributed by atoms with Crippen molar-refractivity contribution in [1.29, 1.82) is 0 Å². The molecule has 2 N–H and O–H groups in total. The molecule has 0 saturated carbocycles. The Labute approximate surface area is 85.3 Å². The molecule has 4 nitrogen and oxygen atoms in total. The zero-order chi connectivity index (χ0) is 10.4. The summed E-state index contributed by atoms with van der Waals surface area (Å²) in [5, 5.41) is 6.38. The number of anilines is 2. The molecule has 1 aromatic heterocycles. The van der Waals surface area contributed by atoms with Gasteiger partial charge in [-0.1, -0.05) is 0 Å². The fourth-order valence-corrected chi connectivity index (χ4v) is 1.15. The number of hydrogen-bond acceptors (Lipinski definition) is 4. The maximum atomic E-state index is 4.25. The van der Waals surface area contributed by atoms with E-state index in [9.17, 15) is 0 Å². The number of pyridine rings is 1. The average Bonchev–Trinajstić information content (AvgIpc) is 2.18. The van der Waals surface area contributed by atoms with Gasteiger partial charge in [0.2, 0.25) is 0 Å². The summed E-state index contributed by atoms with van der Waals surface area (Å²) in [6, 6.07) is 3.92. The molecule has 1 rings (SSSR count). The van der Waals surface area contributed by atoms with Crippen LogP contribution >= 0.6 is 0 Å². The van der Waals surface area contributed by atoms with E-state index < -0.39 is 0 Å². The minimum absolute atomic E-state index is 0.901. The van der Waals surface area contributed by atoms with E-state index in [0.717, 1.165) is 24.6 Å². The number of rotatable bonds is 5. The Hall–Kier alpha value is -1.29. The lowest BCUT2D eigenvalue weighted by Gasteiger charge is -2.12. The Bertz CT molecular complexity index is 273. The van der Waals surface area contributed by atoms with E-state index in [1.165, 1.54) is 0 Å². The third-order valence-corrected chi connectivity index (χ3v) is 1.93. The molecule has 14 heavy (non-hydrogen) atoms. The van der Waals surface area contributed by atoms with Crippen molar-refractivity contribution in [2.75, 3.05) is 44.9 Å². The van der Waals surface area contributed by atoms with Crippen molar-refractivity contribution in [2.24, 2.45) is 0 Å². The fourth-order valence-electron chi connectivity index (χ4n) is 1.15. The Morgan fingerprint density at radius 3 is 2.86 bits per heavy atom. The standard InChI is InChI=1S/C10H18N4/c1-11-9-5-4-6-12-10(9)13-7-8-14(2)3/h4-6,11H,7-8H2,1-3H3,(H,12,13). The van der Waals surface area contributed by atoms with E-state index in [1.54, 1.807) is 6.20 Å². The maximum Gasteiger partial charge on any atom is 0.149 e. The Morgan fingerprint density at radius 2 is 2.21 bits per heavy atom. The van der Waals surface area contributed by atoms with Gasteiger partial charge in [0.15, 0.2) is 0 Å². The summed E-state index contributed by atoms with van der Waals surface area (Å²) in [6.07, 6.45) is 1.79. The normalized spacial score (nSPS) is 10.3. The predicted molar refractivity (Wildman–Crippen MR) is 60.8 cm³/mol. The summed E-state index contributed by atoms with van der Waals surface area (Å²) >= 11 is 0. The summed E-state index contributed by atoms with van der Waals surface area (Å²) in [5.41, 5.74) is 1.03. The van der Waals surface area contributed by atoms with Crippen LogP contribution in [0.25, 0.3) is 0 Å². The average molecular weight is 194 g/mol. The molecular weight excluding hydrogens is 176 g/mol. The highest BCUT2D eigenvalue weighted by molar-refractivity contribution is 5.63. The third kappa shape index (κ3) is 3.22. The minimum Gasteiger partial charge on any atom is -0.385 e. The van der Waals surface area contributed by atoms with Crippen LogP contribution in [-0.2, 0) is 0 Å². The first-order valence-electron chi connectivity index (χ1n) is 4.75. The molecule has 0 radical (unpaired) electrons. The first-order valence-corrected chi connectivity index (χ1v) is 4.75. The molecule has 78 valence electrons. The van der Waals surface area contributed by atoms with Gasteiger partial charge in [0, 0.05) is 26.3 Å². The van der Waals surface area contributed by atoms with Gasteiger partial charge in [0.25, 0.3) is 0 Å². The molecule has 4 heteroatoms. The molecule has 0 saturated heterocycles. The van der Waals surface area contributed by atoms with E-state index >= 15 is 0 Å². The molecule has 0 atom stereocenters. The molecule has 0 bridgehead atoms. The SMILES string of the molecule is CNc1cccnc1NCCN(C)C. The van der Waals surface area contributed by atoms with Gasteiger partial charge >= 0.3 is 0 Å². The van der Waals surface area contributed by atoms with Crippen molar-refractivity contribution in [2.45, 2.75) is 0 Å². The molecule has 0 fully saturated rings. The van der Waals surface area contributed by atoms with E-state index in [4.69, 9.17) is 0 Å². The van der Waals surface area contributed by atoms with E-state index in [1.807, 2.05) is 19.2 Å². The monoisotopic (exact) mass is 194 g/mol.